The summed E-state index contributed by atoms with van der Waals surface area (Å²) < 4.78 is 0. The Morgan fingerprint density at radius 1 is 1.05 bits per heavy atom. The van der Waals surface area contributed by atoms with Crippen LogP contribution in [0.4, 0.5) is 0 Å². The smallest absolute Gasteiger partial charge is 0.226 e. The number of amides is 1. The van der Waals surface area contributed by atoms with Crippen LogP contribution in [0.5, 0.6) is 0 Å². The average molecular weight is 292 g/mol. The first-order valence-electron chi connectivity index (χ1n) is 8.39. The lowest BCUT2D eigenvalue weighted by atomic mass is 9.76. The molecule has 4 nitrogen and oxygen atoms in total. The minimum atomic E-state index is -0.206. The zero-order valence-electron chi connectivity index (χ0n) is 13.6. The minimum absolute atomic E-state index is 0.206. The Hall–Kier alpha value is -0.900. The Morgan fingerprint density at radius 3 is 2.05 bits per heavy atom. The second-order valence-corrected chi connectivity index (χ2v) is 7.79. The summed E-state index contributed by atoms with van der Waals surface area (Å²) in [5.74, 6) is 2.02. The Balaban J connectivity index is 1.64. The Labute approximate surface area is 127 Å². The van der Waals surface area contributed by atoms with Gasteiger partial charge in [-0.25, -0.2) is 0 Å². The molecule has 0 aromatic heterocycles. The summed E-state index contributed by atoms with van der Waals surface area (Å²) in [7, 11) is 2.17. The zero-order chi connectivity index (χ0) is 15.2. The summed E-state index contributed by atoms with van der Waals surface area (Å²) in [5, 5.41) is 0. The second kappa shape index (κ2) is 5.38. The Bertz CT molecular complexity index is 426. The van der Waals surface area contributed by atoms with Gasteiger partial charge in [0, 0.05) is 37.5 Å². The molecular formula is C17H28N2O2. The molecule has 1 amide bonds. The highest BCUT2D eigenvalue weighted by Crippen LogP contribution is 2.43. The molecule has 21 heavy (non-hydrogen) atoms. The maximum absolute atomic E-state index is 12.9. The molecule has 3 rings (SSSR count). The lowest BCUT2D eigenvalue weighted by Crippen LogP contribution is -2.51. The number of carbonyl (C=O) groups is 2. The molecule has 2 heterocycles. The van der Waals surface area contributed by atoms with Gasteiger partial charge in [-0.15, -0.1) is 0 Å². The van der Waals surface area contributed by atoms with Gasteiger partial charge in [0.05, 0.1) is 0 Å². The number of carbonyl (C=O) groups excluding carboxylic acids is 2. The van der Waals surface area contributed by atoms with E-state index in [1.54, 1.807) is 6.92 Å². The van der Waals surface area contributed by atoms with Crippen LogP contribution in [0.3, 0.4) is 0 Å². The summed E-state index contributed by atoms with van der Waals surface area (Å²) in [6, 6.07) is 0. The van der Waals surface area contributed by atoms with Gasteiger partial charge in [-0.1, -0.05) is 6.92 Å². The van der Waals surface area contributed by atoms with Crippen molar-refractivity contribution in [1.82, 2.24) is 9.80 Å². The quantitative estimate of drug-likeness (QED) is 0.779. The first-order chi connectivity index (χ1) is 9.90. The fourth-order valence-electron chi connectivity index (χ4n) is 4.64. The lowest BCUT2D eigenvalue weighted by molar-refractivity contribution is -0.144. The summed E-state index contributed by atoms with van der Waals surface area (Å²) in [4.78, 5) is 29.1. The van der Waals surface area contributed by atoms with Crippen LogP contribution in [0, 0.1) is 23.2 Å². The molecule has 3 aliphatic rings. The molecule has 118 valence electrons. The van der Waals surface area contributed by atoms with E-state index in [1.165, 1.54) is 12.8 Å². The summed E-state index contributed by atoms with van der Waals surface area (Å²) in [6.45, 7) is 7.42. The van der Waals surface area contributed by atoms with Crippen molar-refractivity contribution in [2.45, 2.75) is 39.5 Å². The zero-order valence-corrected chi connectivity index (χ0v) is 13.6. The predicted molar refractivity (Wildman–Crippen MR) is 81.8 cm³/mol. The van der Waals surface area contributed by atoms with Crippen molar-refractivity contribution in [1.29, 1.82) is 0 Å². The molecule has 0 N–H and O–H groups in total. The van der Waals surface area contributed by atoms with Crippen molar-refractivity contribution in [3.05, 3.63) is 0 Å². The summed E-state index contributed by atoms with van der Waals surface area (Å²) in [5.41, 5.74) is -0.206. The highest BCUT2D eigenvalue weighted by molar-refractivity contribution is 5.83. The van der Waals surface area contributed by atoms with Crippen LogP contribution >= 0.6 is 0 Å². The van der Waals surface area contributed by atoms with Gasteiger partial charge in [0.1, 0.15) is 5.78 Å². The van der Waals surface area contributed by atoms with Crippen LogP contribution in [0.25, 0.3) is 0 Å². The number of fused-ring (bicyclic) bond motifs is 2. The molecule has 0 aromatic rings. The number of piperidine rings is 2. The van der Waals surface area contributed by atoms with E-state index in [1.807, 2.05) is 4.90 Å². The first kappa shape index (κ1) is 15.0. The van der Waals surface area contributed by atoms with Gasteiger partial charge in [0.2, 0.25) is 5.91 Å². The van der Waals surface area contributed by atoms with Gasteiger partial charge in [-0.05, 0) is 51.5 Å². The standard InChI is InChI=1S/C17H28N2O2/c1-12(20)17(2)6-8-19(9-7-17)16(21)15-13-4-5-14(15)11-18(3)10-13/h13-15H,4-11H2,1-3H3. The van der Waals surface area contributed by atoms with Gasteiger partial charge in [-0.3, -0.25) is 9.59 Å². The lowest BCUT2D eigenvalue weighted by Gasteiger charge is -2.42. The highest BCUT2D eigenvalue weighted by Gasteiger charge is 2.47. The van der Waals surface area contributed by atoms with Gasteiger partial charge in [0.15, 0.2) is 0 Å². The third-order valence-corrected chi connectivity index (χ3v) is 6.33. The Morgan fingerprint density at radius 2 is 1.57 bits per heavy atom. The van der Waals surface area contributed by atoms with E-state index >= 15 is 0 Å². The van der Waals surface area contributed by atoms with E-state index in [-0.39, 0.29) is 17.1 Å². The van der Waals surface area contributed by atoms with Crippen LogP contribution in [0.2, 0.25) is 0 Å². The van der Waals surface area contributed by atoms with E-state index in [0.717, 1.165) is 39.0 Å². The summed E-state index contributed by atoms with van der Waals surface area (Å²) >= 11 is 0. The van der Waals surface area contributed by atoms with E-state index in [9.17, 15) is 9.59 Å². The maximum atomic E-state index is 12.9. The molecule has 0 aromatic carbocycles. The topological polar surface area (TPSA) is 40.6 Å². The van der Waals surface area contributed by atoms with E-state index in [2.05, 4.69) is 18.9 Å². The first-order valence-corrected chi connectivity index (χ1v) is 8.39. The highest BCUT2D eigenvalue weighted by atomic mass is 16.2. The van der Waals surface area contributed by atoms with Crippen molar-refractivity contribution in [3.63, 3.8) is 0 Å². The van der Waals surface area contributed by atoms with Gasteiger partial charge in [0.25, 0.3) is 0 Å². The monoisotopic (exact) mass is 292 g/mol. The molecule has 1 saturated carbocycles. The molecule has 2 atom stereocenters. The van der Waals surface area contributed by atoms with E-state index in [0.29, 0.717) is 17.7 Å². The van der Waals surface area contributed by atoms with Crippen molar-refractivity contribution < 1.29 is 9.59 Å². The molecule has 2 aliphatic heterocycles. The fourth-order valence-corrected chi connectivity index (χ4v) is 4.64. The molecule has 0 radical (unpaired) electrons. The number of nitrogens with zero attached hydrogens (tertiary/aromatic N) is 2. The third kappa shape index (κ3) is 2.63. The van der Waals surface area contributed by atoms with Gasteiger partial charge >= 0.3 is 0 Å². The third-order valence-electron chi connectivity index (χ3n) is 6.33. The van der Waals surface area contributed by atoms with Gasteiger partial charge < -0.3 is 9.80 Å². The van der Waals surface area contributed by atoms with Crippen molar-refractivity contribution >= 4 is 11.7 Å². The average Bonchev–Trinajstić information content (AvgIpc) is 2.71. The SMILES string of the molecule is CC(=O)C1(C)CCN(C(=O)C2C3CCC2CN(C)C3)CC1. The predicted octanol–water partition coefficient (Wildman–Crippen LogP) is 1.79. The molecule has 2 bridgehead atoms. The number of hydrogen-bond acceptors (Lipinski definition) is 3. The van der Waals surface area contributed by atoms with Crippen LogP contribution in [0.15, 0.2) is 0 Å². The molecule has 3 fully saturated rings. The number of hydrogen-bond donors (Lipinski definition) is 0. The van der Waals surface area contributed by atoms with Gasteiger partial charge in [-0.2, -0.15) is 0 Å². The largest absolute Gasteiger partial charge is 0.342 e. The number of rotatable bonds is 2. The van der Waals surface area contributed by atoms with E-state index < -0.39 is 0 Å². The van der Waals surface area contributed by atoms with Crippen molar-refractivity contribution in [3.8, 4) is 0 Å². The number of Topliss-reactive ketones (excluding diaryl/α,β-unsaturated/α-hetero) is 1. The number of likely N-dealkylation sites (tertiary alicyclic amines) is 2. The van der Waals surface area contributed by atoms with Crippen molar-refractivity contribution in [2.24, 2.45) is 23.2 Å². The maximum Gasteiger partial charge on any atom is 0.226 e. The number of ketones is 1. The summed E-state index contributed by atoms with van der Waals surface area (Å²) in [6.07, 6.45) is 4.08. The normalized spacial score (nSPS) is 35.8. The van der Waals surface area contributed by atoms with Crippen LogP contribution in [0.1, 0.15) is 39.5 Å². The Kier molecular flexibility index (Phi) is 3.85. The molecular weight excluding hydrogens is 264 g/mol. The molecule has 4 heteroatoms. The van der Waals surface area contributed by atoms with Crippen molar-refractivity contribution in [2.75, 3.05) is 33.2 Å². The van der Waals surface area contributed by atoms with Crippen LogP contribution in [-0.2, 0) is 9.59 Å². The minimum Gasteiger partial charge on any atom is -0.342 e. The molecule has 2 unspecified atom stereocenters. The molecule has 0 spiro atoms. The van der Waals surface area contributed by atoms with Crippen LogP contribution in [-0.4, -0.2) is 54.7 Å². The fraction of sp³-hybridized carbons (Fsp3) is 0.882. The van der Waals surface area contributed by atoms with E-state index in [4.69, 9.17) is 0 Å². The molecule has 2 saturated heterocycles. The second-order valence-electron chi connectivity index (χ2n) is 7.79. The van der Waals surface area contributed by atoms with Crippen LogP contribution < -0.4 is 0 Å². The molecule has 1 aliphatic carbocycles.